The molecule has 0 aromatic carbocycles. The molecule has 2 heterocycles. The summed E-state index contributed by atoms with van der Waals surface area (Å²) in [7, 11) is 0. The Morgan fingerprint density at radius 1 is 0.857 bits per heavy atom. The monoisotopic (exact) mass is 213 g/mol. The van der Waals surface area contributed by atoms with Crippen LogP contribution in [0.4, 0.5) is 0 Å². The Morgan fingerprint density at radius 2 is 1.43 bits per heavy atom. The highest BCUT2D eigenvalue weighted by molar-refractivity contribution is 7.99. The van der Waals surface area contributed by atoms with Gasteiger partial charge in [0.05, 0.1) is 0 Å². The summed E-state index contributed by atoms with van der Waals surface area (Å²) >= 11 is 2.10. The van der Waals surface area contributed by atoms with Crippen molar-refractivity contribution in [3.8, 4) is 0 Å². The molecule has 81 valence electrons. The number of rotatable bonds is 3. The summed E-state index contributed by atoms with van der Waals surface area (Å²) in [4.78, 5) is 5.23. The summed E-state index contributed by atoms with van der Waals surface area (Å²) < 4.78 is 0. The van der Waals surface area contributed by atoms with E-state index in [9.17, 15) is 0 Å². The number of likely N-dealkylation sites (tertiary alicyclic amines) is 1. The Bertz CT molecular complexity index is 133. The van der Waals surface area contributed by atoms with Crippen molar-refractivity contribution in [3.05, 3.63) is 6.42 Å². The lowest BCUT2D eigenvalue weighted by atomic mass is 10.1. The fraction of sp³-hybridized carbons (Fsp3) is 0.909. The molecule has 0 aromatic heterocycles. The Morgan fingerprint density at radius 3 is 2.07 bits per heavy atom. The lowest BCUT2D eigenvalue weighted by Gasteiger charge is -2.31. The van der Waals surface area contributed by atoms with E-state index < -0.39 is 0 Å². The first-order valence-corrected chi connectivity index (χ1v) is 6.95. The van der Waals surface area contributed by atoms with Gasteiger partial charge in [0.25, 0.3) is 0 Å². The standard InChI is InChI=1S/C11H21N2S/c1-2-4-12(5-3-1)6-7-13-8-10-14-11-9-13/h1H,2-11H2. The van der Waals surface area contributed by atoms with E-state index in [1.54, 1.807) is 0 Å². The molecule has 2 nitrogen and oxygen atoms in total. The van der Waals surface area contributed by atoms with Crippen molar-refractivity contribution in [2.75, 3.05) is 50.8 Å². The van der Waals surface area contributed by atoms with Crippen molar-refractivity contribution < 1.29 is 0 Å². The summed E-state index contributed by atoms with van der Waals surface area (Å²) in [5, 5.41) is 0. The predicted molar refractivity (Wildman–Crippen MR) is 63.7 cm³/mol. The number of piperidine rings is 1. The van der Waals surface area contributed by atoms with Crippen LogP contribution >= 0.6 is 11.8 Å². The zero-order valence-electron chi connectivity index (χ0n) is 8.95. The van der Waals surface area contributed by atoms with Gasteiger partial charge in [-0.2, -0.15) is 11.8 Å². The summed E-state index contributed by atoms with van der Waals surface area (Å²) in [6.45, 7) is 7.79. The lowest BCUT2D eigenvalue weighted by Crippen LogP contribution is -2.41. The van der Waals surface area contributed by atoms with Gasteiger partial charge < -0.3 is 9.80 Å². The number of nitrogens with zero attached hydrogens (tertiary/aromatic N) is 2. The SMILES string of the molecule is [CH]1CCN(CCN2CCSCC2)CC1. The second-order valence-corrected chi connectivity index (χ2v) is 5.39. The molecule has 1 radical (unpaired) electrons. The first kappa shape index (κ1) is 10.8. The fourth-order valence-corrected chi connectivity index (χ4v) is 3.11. The molecule has 0 aliphatic carbocycles. The maximum absolute atomic E-state index is 2.62. The summed E-state index contributed by atoms with van der Waals surface area (Å²) in [5.74, 6) is 2.68. The third kappa shape index (κ3) is 3.44. The first-order chi connectivity index (χ1) is 6.95. The molecule has 3 heteroatoms. The van der Waals surface area contributed by atoms with Crippen molar-refractivity contribution in [2.24, 2.45) is 0 Å². The topological polar surface area (TPSA) is 6.48 Å². The molecule has 14 heavy (non-hydrogen) atoms. The summed E-state index contributed by atoms with van der Waals surface area (Å²) in [5.41, 5.74) is 0. The van der Waals surface area contributed by atoms with Crippen LogP contribution < -0.4 is 0 Å². The smallest absolute Gasteiger partial charge is 0.0110 e. The molecule has 0 bridgehead atoms. The van der Waals surface area contributed by atoms with Gasteiger partial charge in [-0.05, 0) is 32.4 Å². The highest BCUT2D eigenvalue weighted by Crippen LogP contribution is 2.10. The van der Waals surface area contributed by atoms with Crippen LogP contribution in [0.1, 0.15) is 12.8 Å². The van der Waals surface area contributed by atoms with E-state index in [-0.39, 0.29) is 0 Å². The summed E-state index contributed by atoms with van der Waals surface area (Å²) in [6.07, 6.45) is 5.03. The molecule has 2 aliphatic rings. The van der Waals surface area contributed by atoms with Crippen LogP contribution in [0.15, 0.2) is 0 Å². The maximum Gasteiger partial charge on any atom is 0.0110 e. The van der Waals surface area contributed by atoms with E-state index in [1.807, 2.05) is 0 Å². The normalized spacial score (nSPS) is 26.6. The Kier molecular flexibility index (Phi) is 4.61. The number of hydrogen-bond acceptors (Lipinski definition) is 3. The van der Waals surface area contributed by atoms with Crippen molar-refractivity contribution in [2.45, 2.75) is 12.8 Å². The quantitative estimate of drug-likeness (QED) is 0.698. The molecule has 2 rings (SSSR count). The van der Waals surface area contributed by atoms with Crippen molar-refractivity contribution in [1.29, 1.82) is 0 Å². The van der Waals surface area contributed by atoms with Gasteiger partial charge in [-0.25, -0.2) is 0 Å². The molecule has 2 fully saturated rings. The Labute approximate surface area is 92.0 Å². The molecule has 0 spiro atoms. The van der Waals surface area contributed by atoms with Gasteiger partial charge in [0.2, 0.25) is 0 Å². The van der Waals surface area contributed by atoms with Crippen molar-refractivity contribution in [3.63, 3.8) is 0 Å². The predicted octanol–water partition coefficient (Wildman–Crippen LogP) is 1.34. The molecule has 0 unspecified atom stereocenters. The Balaban J connectivity index is 1.60. The van der Waals surface area contributed by atoms with E-state index in [2.05, 4.69) is 28.0 Å². The average Bonchev–Trinajstić information content (AvgIpc) is 2.29. The second-order valence-electron chi connectivity index (χ2n) is 4.16. The van der Waals surface area contributed by atoms with E-state index >= 15 is 0 Å². The van der Waals surface area contributed by atoms with Gasteiger partial charge in [-0.15, -0.1) is 0 Å². The molecular formula is C11H21N2S. The van der Waals surface area contributed by atoms with Crippen molar-refractivity contribution >= 4 is 11.8 Å². The maximum atomic E-state index is 2.62. The number of hydrogen-bond donors (Lipinski definition) is 0. The highest BCUT2D eigenvalue weighted by Gasteiger charge is 2.13. The van der Waals surface area contributed by atoms with E-state index in [4.69, 9.17) is 0 Å². The van der Waals surface area contributed by atoms with Gasteiger partial charge in [-0.3, -0.25) is 0 Å². The zero-order chi connectivity index (χ0) is 9.64. The van der Waals surface area contributed by atoms with Crippen LogP contribution in [0.3, 0.4) is 0 Å². The molecule has 0 amide bonds. The first-order valence-electron chi connectivity index (χ1n) is 5.79. The molecule has 0 aromatic rings. The van der Waals surface area contributed by atoms with Crippen LogP contribution in [0, 0.1) is 6.42 Å². The molecule has 0 atom stereocenters. The van der Waals surface area contributed by atoms with Crippen LogP contribution in [0.2, 0.25) is 0 Å². The molecule has 2 aliphatic heterocycles. The van der Waals surface area contributed by atoms with Crippen LogP contribution in [0.5, 0.6) is 0 Å². The largest absolute Gasteiger partial charge is 0.302 e. The van der Waals surface area contributed by atoms with Crippen molar-refractivity contribution in [1.82, 2.24) is 9.80 Å². The van der Waals surface area contributed by atoms with Gasteiger partial charge in [0, 0.05) is 37.7 Å². The highest BCUT2D eigenvalue weighted by atomic mass is 32.2. The van der Waals surface area contributed by atoms with E-state index in [0.717, 1.165) is 0 Å². The van der Waals surface area contributed by atoms with E-state index in [1.165, 1.54) is 63.6 Å². The van der Waals surface area contributed by atoms with Crippen LogP contribution in [0.25, 0.3) is 0 Å². The van der Waals surface area contributed by atoms with Gasteiger partial charge in [-0.1, -0.05) is 0 Å². The zero-order valence-corrected chi connectivity index (χ0v) is 9.77. The fourth-order valence-electron chi connectivity index (χ4n) is 2.14. The van der Waals surface area contributed by atoms with Gasteiger partial charge in [0.15, 0.2) is 0 Å². The molecular weight excluding hydrogens is 192 g/mol. The second kappa shape index (κ2) is 5.99. The minimum Gasteiger partial charge on any atom is -0.302 e. The summed E-state index contributed by atoms with van der Waals surface area (Å²) in [6, 6.07) is 0. The Hall–Kier alpha value is 0.270. The minimum absolute atomic E-state index is 1.29. The third-order valence-corrected chi connectivity index (χ3v) is 4.08. The number of thioether (sulfide) groups is 1. The molecule has 0 saturated carbocycles. The molecule has 2 saturated heterocycles. The lowest BCUT2D eigenvalue weighted by molar-refractivity contribution is 0.203. The van der Waals surface area contributed by atoms with Crippen LogP contribution in [-0.4, -0.2) is 60.6 Å². The average molecular weight is 213 g/mol. The van der Waals surface area contributed by atoms with Gasteiger partial charge >= 0.3 is 0 Å². The molecule has 0 N–H and O–H groups in total. The third-order valence-electron chi connectivity index (χ3n) is 3.14. The minimum atomic E-state index is 1.29. The van der Waals surface area contributed by atoms with E-state index in [0.29, 0.717) is 0 Å². The van der Waals surface area contributed by atoms with Gasteiger partial charge in [0.1, 0.15) is 0 Å². The van der Waals surface area contributed by atoms with Crippen LogP contribution in [-0.2, 0) is 0 Å².